The number of fused-ring (bicyclic) bond motifs is 1. The van der Waals surface area contributed by atoms with Crippen molar-refractivity contribution in [3.63, 3.8) is 0 Å². The summed E-state index contributed by atoms with van der Waals surface area (Å²) in [4.78, 5) is 47.8. The van der Waals surface area contributed by atoms with Gasteiger partial charge in [-0.15, -0.1) is 0 Å². The largest absolute Gasteiger partial charge is 0.506 e. The highest BCUT2D eigenvalue weighted by Crippen LogP contribution is 2.41. The van der Waals surface area contributed by atoms with E-state index in [0.29, 0.717) is 51.6 Å². The fourth-order valence-electron chi connectivity index (χ4n) is 6.89. The zero-order chi connectivity index (χ0) is 33.2. The van der Waals surface area contributed by atoms with Gasteiger partial charge >= 0.3 is 12.2 Å². The number of likely N-dealkylation sites (tertiary alicyclic amines) is 2. The number of alkyl halides is 3. The molecular formula is C33H41ClF3N5O4. The summed E-state index contributed by atoms with van der Waals surface area (Å²) in [6.45, 7) is 2.35. The number of anilines is 1. The van der Waals surface area contributed by atoms with Crippen LogP contribution in [0.25, 0.3) is 0 Å². The van der Waals surface area contributed by atoms with Gasteiger partial charge in [-0.3, -0.25) is 9.59 Å². The van der Waals surface area contributed by atoms with Crippen LogP contribution in [0, 0.1) is 5.92 Å². The van der Waals surface area contributed by atoms with Gasteiger partial charge in [0.25, 0.3) is 0 Å². The Morgan fingerprint density at radius 1 is 1.02 bits per heavy atom. The molecule has 3 aliphatic heterocycles. The molecule has 0 unspecified atom stereocenters. The van der Waals surface area contributed by atoms with Crippen LogP contribution in [0.3, 0.4) is 0 Å². The number of benzene rings is 2. The van der Waals surface area contributed by atoms with E-state index in [4.69, 9.17) is 11.6 Å². The zero-order valence-electron chi connectivity index (χ0n) is 26.2. The molecule has 2 aromatic rings. The second kappa shape index (κ2) is 14.1. The second-order valence-electron chi connectivity index (χ2n) is 12.7. The molecule has 250 valence electrons. The topological polar surface area (TPSA) is 96.4 Å². The summed E-state index contributed by atoms with van der Waals surface area (Å²) >= 11 is 5.98. The van der Waals surface area contributed by atoms with Gasteiger partial charge < -0.3 is 30.0 Å². The average molecular weight is 664 g/mol. The maximum Gasteiger partial charge on any atom is 0.420 e. The predicted octanol–water partition coefficient (Wildman–Crippen LogP) is 5.25. The summed E-state index contributed by atoms with van der Waals surface area (Å²) in [5, 5.41) is 12.5. The molecule has 0 saturated carbocycles. The van der Waals surface area contributed by atoms with Crippen LogP contribution in [-0.4, -0.2) is 101 Å². The number of carbonyl (C=O) groups is 3. The molecule has 2 fully saturated rings. The first-order valence-electron chi connectivity index (χ1n) is 15.8. The van der Waals surface area contributed by atoms with Crippen molar-refractivity contribution in [1.29, 1.82) is 0 Å². The molecule has 3 aliphatic rings. The summed E-state index contributed by atoms with van der Waals surface area (Å²) in [5.74, 6) is -2.50. The van der Waals surface area contributed by atoms with Crippen LogP contribution >= 0.6 is 11.6 Å². The minimum Gasteiger partial charge on any atom is -0.506 e. The number of amides is 4. The quantitative estimate of drug-likeness (QED) is 0.422. The van der Waals surface area contributed by atoms with Gasteiger partial charge in [-0.25, -0.2) is 4.79 Å². The van der Waals surface area contributed by atoms with Crippen molar-refractivity contribution in [2.45, 2.75) is 63.2 Å². The normalized spacial score (nSPS) is 19.1. The highest BCUT2D eigenvalue weighted by Gasteiger charge is 2.38. The number of carbonyl (C=O) groups excluding carboxylic acids is 3. The third kappa shape index (κ3) is 7.71. The van der Waals surface area contributed by atoms with Gasteiger partial charge in [0.1, 0.15) is 5.75 Å². The maximum atomic E-state index is 13.8. The Morgan fingerprint density at radius 2 is 1.67 bits per heavy atom. The smallest absolute Gasteiger partial charge is 0.420 e. The first-order valence-corrected chi connectivity index (χ1v) is 16.2. The number of phenolic OH excluding ortho intramolecular Hbond substituents is 1. The molecule has 2 saturated heterocycles. The fraction of sp³-hybridized carbons (Fsp3) is 0.545. The SMILES string of the molecule is CN(C)C1CCN(C(=O)[C@H](CC(=O)N2CCC(N3CCc4ccccc4NC3=O)CC2)Cc2cc(Cl)c(O)c(C(F)(F)F)c2)CC1. The number of aromatic hydroxyl groups is 1. The molecule has 0 radical (unpaired) electrons. The molecule has 9 nitrogen and oxygen atoms in total. The maximum absolute atomic E-state index is 13.8. The molecule has 0 spiro atoms. The third-order valence-electron chi connectivity index (χ3n) is 9.59. The fourth-order valence-corrected chi connectivity index (χ4v) is 7.13. The van der Waals surface area contributed by atoms with Crippen molar-refractivity contribution in [2.24, 2.45) is 5.92 Å². The Hall–Kier alpha value is -3.51. The summed E-state index contributed by atoms with van der Waals surface area (Å²) in [6, 6.07) is 9.85. The van der Waals surface area contributed by atoms with Crippen LogP contribution in [-0.2, 0) is 28.6 Å². The number of rotatable bonds is 7. The number of para-hydroxylation sites is 1. The number of urea groups is 1. The van der Waals surface area contributed by atoms with Gasteiger partial charge in [-0.05, 0) is 81.9 Å². The summed E-state index contributed by atoms with van der Waals surface area (Å²) in [5.41, 5.74) is 0.727. The minimum absolute atomic E-state index is 0.0475. The van der Waals surface area contributed by atoms with Crippen molar-refractivity contribution in [1.82, 2.24) is 19.6 Å². The predicted molar refractivity (Wildman–Crippen MR) is 169 cm³/mol. The van der Waals surface area contributed by atoms with E-state index in [-0.39, 0.29) is 42.3 Å². The van der Waals surface area contributed by atoms with Crippen LogP contribution in [0.4, 0.5) is 23.7 Å². The van der Waals surface area contributed by atoms with E-state index in [1.165, 1.54) is 6.07 Å². The van der Waals surface area contributed by atoms with E-state index in [9.17, 15) is 32.7 Å². The van der Waals surface area contributed by atoms with Crippen LogP contribution < -0.4 is 5.32 Å². The summed E-state index contributed by atoms with van der Waals surface area (Å²) < 4.78 is 40.9. The van der Waals surface area contributed by atoms with Crippen molar-refractivity contribution < 1.29 is 32.7 Å². The van der Waals surface area contributed by atoms with Crippen molar-refractivity contribution in [3.8, 4) is 5.75 Å². The van der Waals surface area contributed by atoms with E-state index < -0.39 is 28.4 Å². The number of hydrogen-bond donors (Lipinski definition) is 2. The molecule has 0 aliphatic carbocycles. The number of phenols is 1. The number of nitrogens with zero attached hydrogens (tertiary/aromatic N) is 4. The molecule has 2 aromatic carbocycles. The van der Waals surface area contributed by atoms with Crippen LogP contribution in [0.5, 0.6) is 5.75 Å². The first kappa shape index (κ1) is 33.8. The molecular weight excluding hydrogens is 623 g/mol. The van der Waals surface area contributed by atoms with Crippen LogP contribution in [0.15, 0.2) is 36.4 Å². The lowest BCUT2D eigenvalue weighted by molar-refractivity contribution is -0.143. The highest BCUT2D eigenvalue weighted by molar-refractivity contribution is 6.32. The van der Waals surface area contributed by atoms with E-state index in [2.05, 4.69) is 10.2 Å². The number of halogens is 4. The van der Waals surface area contributed by atoms with E-state index in [0.717, 1.165) is 36.6 Å². The van der Waals surface area contributed by atoms with Gasteiger partial charge in [0.2, 0.25) is 11.8 Å². The lowest BCUT2D eigenvalue weighted by atomic mass is 9.91. The van der Waals surface area contributed by atoms with Crippen molar-refractivity contribution in [2.75, 3.05) is 52.1 Å². The molecule has 46 heavy (non-hydrogen) atoms. The monoisotopic (exact) mass is 663 g/mol. The third-order valence-corrected chi connectivity index (χ3v) is 9.88. The van der Waals surface area contributed by atoms with Gasteiger partial charge in [-0.2, -0.15) is 13.2 Å². The van der Waals surface area contributed by atoms with Crippen molar-refractivity contribution in [3.05, 3.63) is 58.1 Å². The average Bonchev–Trinajstić information content (AvgIpc) is 3.19. The molecule has 4 amide bonds. The molecule has 2 N–H and O–H groups in total. The molecule has 1 atom stereocenters. The Balaban J connectivity index is 1.27. The van der Waals surface area contributed by atoms with E-state index in [1.807, 2.05) is 43.3 Å². The Bertz CT molecular complexity index is 1440. The van der Waals surface area contributed by atoms with Gasteiger partial charge in [0, 0.05) is 56.9 Å². The van der Waals surface area contributed by atoms with Crippen LogP contribution in [0.2, 0.25) is 5.02 Å². The number of hydrogen-bond acceptors (Lipinski definition) is 5. The van der Waals surface area contributed by atoms with E-state index >= 15 is 0 Å². The first-order chi connectivity index (χ1) is 21.8. The Labute approximate surface area is 272 Å². The minimum atomic E-state index is -4.84. The standard InChI is InChI=1S/C33H41ClF3N5O4/c1-39(2)24-8-14-41(15-9-24)31(45)23(17-21-18-26(33(35,36)37)30(44)27(34)19-21)20-29(43)40-12-10-25(11-13-40)42-16-7-22-5-3-4-6-28(22)38-32(42)46/h3-6,18-19,23-25,44H,7-17,20H2,1-2H3,(H,38,46)/t23-/m0/s1. The lowest BCUT2D eigenvalue weighted by Gasteiger charge is -2.39. The molecule has 0 bridgehead atoms. The highest BCUT2D eigenvalue weighted by atomic mass is 35.5. The lowest BCUT2D eigenvalue weighted by Crippen LogP contribution is -2.51. The van der Waals surface area contributed by atoms with Gasteiger partial charge in [0.05, 0.1) is 16.5 Å². The van der Waals surface area contributed by atoms with E-state index in [1.54, 1.807) is 9.80 Å². The van der Waals surface area contributed by atoms with Crippen molar-refractivity contribution >= 4 is 35.1 Å². The zero-order valence-corrected chi connectivity index (χ0v) is 26.9. The summed E-state index contributed by atoms with van der Waals surface area (Å²) in [7, 11) is 3.97. The Morgan fingerprint density at radius 3 is 2.33 bits per heavy atom. The molecule has 5 rings (SSSR count). The molecule has 3 heterocycles. The molecule has 13 heteroatoms. The van der Waals surface area contributed by atoms with Gasteiger partial charge in [-0.1, -0.05) is 29.8 Å². The van der Waals surface area contributed by atoms with Gasteiger partial charge in [0.15, 0.2) is 0 Å². The number of piperidine rings is 2. The Kier molecular flexibility index (Phi) is 10.4. The molecule has 0 aromatic heterocycles. The van der Waals surface area contributed by atoms with Crippen LogP contribution in [0.1, 0.15) is 48.8 Å². The number of nitrogens with one attached hydrogen (secondary N) is 1. The second-order valence-corrected chi connectivity index (χ2v) is 13.1. The summed E-state index contributed by atoms with van der Waals surface area (Å²) in [6.07, 6.45) is -1.76.